The minimum Gasteiger partial charge on any atom is -0.444 e. The number of piperazine rings is 1. The van der Waals surface area contributed by atoms with Crippen LogP contribution >= 0.6 is 15.9 Å². The van der Waals surface area contributed by atoms with Crippen molar-refractivity contribution in [3.8, 4) is 0 Å². The van der Waals surface area contributed by atoms with Gasteiger partial charge in [-0.2, -0.15) is 0 Å². The van der Waals surface area contributed by atoms with Crippen LogP contribution in [0.25, 0.3) is 0 Å². The van der Waals surface area contributed by atoms with E-state index in [0.717, 1.165) is 25.9 Å². The van der Waals surface area contributed by atoms with Crippen molar-refractivity contribution < 1.29 is 14.0 Å². The van der Waals surface area contributed by atoms with Gasteiger partial charge in [0, 0.05) is 32.7 Å². The van der Waals surface area contributed by atoms with Crippen molar-refractivity contribution in [3.63, 3.8) is 0 Å². The predicted octanol–water partition coefficient (Wildman–Crippen LogP) is 1.08. The highest BCUT2D eigenvalue weighted by Crippen LogP contribution is 2.24. The molecule has 1 aromatic rings. The third-order valence-electron chi connectivity index (χ3n) is 4.01. The topological polar surface area (TPSA) is 65.8 Å². The zero-order valence-electron chi connectivity index (χ0n) is 11.7. The number of likely N-dealkylation sites (tertiary alicyclic amines) is 1. The smallest absolute Gasteiger partial charge is 0.290 e. The van der Waals surface area contributed by atoms with Crippen LogP contribution in [-0.2, 0) is 4.79 Å². The highest BCUT2D eigenvalue weighted by molar-refractivity contribution is 9.10. The number of nitrogens with zero attached hydrogens (tertiary/aromatic N) is 2. The first-order chi connectivity index (χ1) is 10.2. The van der Waals surface area contributed by atoms with Gasteiger partial charge in [-0.05, 0) is 40.9 Å². The van der Waals surface area contributed by atoms with E-state index in [1.807, 2.05) is 4.90 Å². The SMILES string of the molecule is O=C(C1CCCN1C(=O)c1ccc(Br)o1)N1CCNCC1. The molecule has 114 valence electrons. The lowest BCUT2D eigenvalue weighted by molar-refractivity contribution is -0.135. The molecule has 0 saturated carbocycles. The first-order valence-electron chi connectivity index (χ1n) is 7.22. The maximum Gasteiger partial charge on any atom is 0.290 e. The van der Waals surface area contributed by atoms with Crippen LogP contribution in [0.5, 0.6) is 0 Å². The monoisotopic (exact) mass is 355 g/mol. The van der Waals surface area contributed by atoms with Gasteiger partial charge >= 0.3 is 0 Å². The Morgan fingerprint density at radius 3 is 2.67 bits per heavy atom. The van der Waals surface area contributed by atoms with Crippen molar-refractivity contribution in [1.29, 1.82) is 0 Å². The largest absolute Gasteiger partial charge is 0.444 e. The van der Waals surface area contributed by atoms with Gasteiger partial charge in [0.25, 0.3) is 5.91 Å². The number of carbonyl (C=O) groups is 2. The molecule has 2 aliphatic heterocycles. The molecule has 7 heteroatoms. The Morgan fingerprint density at radius 1 is 1.24 bits per heavy atom. The van der Waals surface area contributed by atoms with Gasteiger partial charge in [0.1, 0.15) is 6.04 Å². The predicted molar refractivity (Wildman–Crippen MR) is 79.9 cm³/mol. The van der Waals surface area contributed by atoms with E-state index in [0.29, 0.717) is 24.3 Å². The lowest BCUT2D eigenvalue weighted by atomic mass is 10.1. The van der Waals surface area contributed by atoms with E-state index < -0.39 is 0 Å². The molecule has 0 aliphatic carbocycles. The van der Waals surface area contributed by atoms with Crippen LogP contribution < -0.4 is 5.32 Å². The number of rotatable bonds is 2. The fraction of sp³-hybridized carbons (Fsp3) is 0.571. The summed E-state index contributed by atoms with van der Waals surface area (Å²) >= 11 is 3.20. The number of furan rings is 1. The maximum atomic E-state index is 12.6. The molecule has 2 amide bonds. The van der Waals surface area contributed by atoms with Gasteiger partial charge in [0.2, 0.25) is 5.91 Å². The minimum atomic E-state index is -0.348. The molecule has 1 unspecified atom stereocenters. The highest BCUT2D eigenvalue weighted by atomic mass is 79.9. The number of amides is 2. The lowest BCUT2D eigenvalue weighted by Gasteiger charge is -2.32. The third-order valence-corrected chi connectivity index (χ3v) is 4.44. The van der Waals surface area contributed by atoms with E-state index in [1.54, 1.807) is 17.0 Å². The van der Waals surface area contributed by atoms with E-state index in [2.05, 4.69) is 21.2 Å². The second kappa shape index (κ2) is 6.19. The summed E-state index contributed by atoms with van der Waals surface area (Å²) in [5.41, 5.74) is 0. The van der Waals surface area contributed by atoms with Crippen molar-refractivity contribution in [2.24, 2.45) is 0 Å². The van der Waals surface area contributed by atoms with Crippen molar-refractivity contribution >= 4 is 27.7 Å². The van der Waals surface area contributed by atoms with E-state index in [1.165, 1.54) is 0 Å². The number of hydrogen-bond donors (Lipinski definition) is 1. The van der Waals surface area contributed by atoms with Crippen LogP contribution in [0, 0.1) is 0 Å². The molecule has 0 radical (unpaired) electrons. The summed E-state index contributed by atoms with van der Waals surface area (Å²) in [6.07, 6.45) is 1.59. The molecule has 2 aliphatic rings. The molecule has 3 heterocycles. The molecule has 3 rings (SSSR count). The Kier molecular flexibility index (Phi) is 4.30. The zero-order chi connectivity index (χ0) is 14.8. The molecule has 21 heavy (non-hydrogen) atoms. The number of nitrogens with one attached hydrogen (secondary N) is 1. The van der Waals surface area contributed by atoms with Gasteiger partial charge in [-0.15, -0.1) is 0 Å². The van der Waals surface area contributed by atoms with Crippen molar-refractivity contribution in [3.05, 3.63) is 22.6 Å². The summed E-state index contributed by atoms with van der Waals surface area (Å²) in [6, 6.07) is 2.98. The summed E-state index contributed by atoms with van der Waals surface area (Å²) < 4.78 is 5.84. The summed E-state index contributed by atoms with van der Waals surface area (Å²) in [5, 5.41) is 3.23. The van der Waals surface area contributed by atoms with Crippen molar-refractivity contribution in [2.75, 3.05) is 32.7 Å². The van der Waals surface area contributed by atoms with Gasteiger partial charge in [0.05, 0.1) is 0 Å². The number of carbonyl (C=O) groups excluding carboxylic acids is 2. The highest BCUT2D eigenvalue weighted by Gasteiger charge is 2.38. The van der Waals surface area contributed by atoms with E-state index in [9.17, 15) is 9.59 Å². The summed E-state index contributed by atoms with van der Waals surface area (Å²) in [4.78, 5) is 28.6. The van der Waals surface area contributed by atoms with Gasteiger partial charge in [-0.3, -0.25) is 9.59 Å². The van der Waals surface area contributed by atoms with Gasteiger partial charge in [0.15, 0.2) is 10.4 Å². The second-order valence-corrected chi connectivity index (χ2v) is 6.12. The summed E-state index contributed by atoms with van der Waals surface area (Å²) in [7, 11) is 0. The maximum absolute atomic E-state index is 12.6. The Morgan fingerprint density at radius 2 is 2.00 bits per heavy atom. The second-order valence-electron chi connectivity index (χ2n) is 5.34. The van der Waals surface area contributed by atoms with Crippen LogP contribution in [0.1, 0.15) is 23.4 Å². The van der Waals surface area contributed by atoms with Crippen LogP contribution in [0.4, 0.5) is 0 Å². The van der Waals surface area contributed by atoms with Gasteiger partial charge in [-0.1, -0.05) is 0 Å². The molecule has 0 spiro atoms. The van der Waals surface area contributed by atoms with Crippen molar-refractivity contribution in [1.82, 2.24) is 15.1 Å². The molecule has 2 fully saturated rings. The van der Waals surface area contributed by atoms with E-state index >= 15 is 0 Å². The number of halogens is 1. The van der Waals surface area contributed by atoms with Crippen LogP contribution in [0.15, 0.2) is 21.2 Å². The fourth-order valence-corrected chi connectivity index (χ4v) is 3.24. The molecule has 2 saturated heterocycles. The molecule has 0 aromatic carbocycles. The molecular formula is C14H18BrN3O3. The zero-order valence-corrected chi connectivity index (χ0v) is 13.3. The van der Waals surface area contributed by atoms with Crippen LogP contribution in [0.2, 0.25) is 0 Å². The average Bonchev–Trinajstić information content (AvgIpc) is 3.15. The molecule has 1 aromatic heterocycles. The standard InChI is InChI=1S/C14H18BrN3O3/c15-12-4-3-11(21-12)14(20)18-7-1-2-10(18)13(19)17-8-5-16-6-9-17/h3-4,10,16H,1-2,5-9H2. The molecule has 1 atom stereocenters. The third kappa shape index (κ3) is 2.98. The first-order valence-corrected chi connectivity index (χ1v) is 8.02. The Hall–Kier alpha value is -1.34. The summed E-state index contributed by atoms with van der Waals surface area (Å²) in [6.45, 7) is 3.67. The Balaban J connectivity index is 1.72. The quantitative estimate of drug-likeness (QED) is 0.861. The van der Waals surface area contributed by atoms with E-state index in [4.69, 9.17) is 4.42 Å². The Bertz CT molecular complexity index is 539. The number of hydrogen-bond acceptors (Lipinski definition) is 4. The van der Waals surface area contributed by atoms with Crippen LogP contribution in [0.3, 0.4) is 0 Å². The molecule has 0 bridgehead atoms. The average molecular weight is 356 g/mol. The van der Waals surface area contributed by atoms with Gasteiger partial charge in [-0.25, -0.2) is 0 Å². The minimum absolute atomic E-state index is 0.0629. The van der Waals surface area contributed by atoms with E-state index in [-0.39, 0.29) is 23.6 Å². The molecule has 1 N–H and O–H groups in total. The fourth-order valence-electron chi connectivity index (χ4n) is 2.93. The van der Waals surface area contributed by atoms with Crippen LogP contribution in [-0.4, -0.2) is 60.4 Å². The summed E-state index contributed by atoms with van der Waals surface area (Å²) in [5.74, 6) is 0.140. The van der Waals surface area contributed by atoms with Gasteiger partial charge < -0.3 is 19.5 Å². The Labute approximate surface area is 131 Å². The first kappa shape index (κ1) is 14.6. The molecular weight excluding hydrogens is 338 g/mol. The lowest BCUT2D eigenvalue weighted by Crippen LogP contribution is -2.53. The van der Waals surface area contributed by atoms with Crippen molar-refractivity contribution in [2.45, 2.75) is 18.9 Å². The normalized spacial score (nSPS) is 22.6. The molecule has 6 nitrogen and oxygen atoms in total.